The van der Waals surface area contributed by atoms with E-state index >= 15 is 0 Å². The maximum Gasteiger partial charge on any atom is 0.289 e. The van der Waals surface area contributed by atoms with E-state index in [2.05, 4.69) is 16.9 Å². The number of aliphatic imine (C=N–C) groups is 1. The molecule has 1 N–H and O–H groups in total. The van der Waals surface area contributed by atoms with E-state index in [1.807, 2.05) is 13.8 Å². The third-order valence-electron chi connectivity index (χ3n) is 0.612. The Morgan fingerprint density at radius 1 is 1.60 bits per heavy atom. The quantitative estimate of drug-likeness (QED) is 0.342. The topological polar surface area (TPSA) is 33.6 Å². The van der Waals surface area contributed by atoms with Gasteiger partial charge in [0.25, 0.3) is 6.02 Å². The van der Waals surface area contributed by atoms with E-state index in [9.17, 15) is 0 Å². The molecule has 3 nitrogen and oxygen atoms in total. The second-order valence-electron chi connectivity index (χ2n) is 1.06. The van der Waals surface area contributed by atoms with E-state index in [4.69, 9.17) is 4.74 Å². The molecule has 0 spiro atoms. The molecule has 0 aliphatic carbocycles. The fraction of sp³-hybridized carbons (Fsp3) is 0.571. The van der Waals surface area contributed by atoms with Gasteiger partial charge in [-0.15, -0.1) is 0 Å². The maximum atomic E-state index is 4.74. The van der Waals surface area contributed by atoms with Gasteiger partial charge in [0.05, 0.1) is 6.26 Å². The number of hydrogen-bond donors (Lipinski definition) is 1. The summed E-state index contributed by atoms with van der Waals surface area (Å²) >= 11 is 0. The molecule has 0 aromatic rings. The molecule has 0 saturated heterocycles. The number of rotatable bonds is 1. The molecule has 0 radical (unpaired) electrons. The highest BCUT2D eigenvalue weighted by molar-refractivity contribution is 5.73. The van der Waals surface area contributed by atoms with Crippen LogP contribution in [0.4, 0.5) is 0 Å². The summed E-state index contributed by atoms with van der Waals surface area (Å²) in [5.74, 6) is 0. The fourth-order valence-electron chi connectivity index (χ4n) is 0.302. The number of nitrogens with one attached hydrogen (secondary N) is 1. The molecular formula is C7H16N2O. The van der Waals surface area contributed by atoms with Gasteiger partial charge in [-0.1, -0.05) is 20.4 Å². The highest BCUT2D eigenvalue weighted by atomic mass is 16.5. The van der Waals surface area contributed by atoms with Crippen LogP contribution in [0.25, 0.3) is 0 Å². The van der Waals surface area contributed by atoms with Gasteiger partial charge in [-0.25, -0.2) is 4.99 Å². The average molecular weight is 144 g/mol. The van der Waals surface area contributed by atoms with Crippen molar-refractivity contribution < 1.29 is 4.74 Å². The summed E-state index contributed by atoms with van der Waals surface area (Å²) in [5.41, 5.74) is 0. The van der Waals surface area contributed by atoms with Gasteiger partial charge >= 0.3 is 0 Å². The molecule has 0 heterocycles. The molecule has 3 heteroatoms. The summed E-state index contributed by atoms with van der Waals surface area (Å²) in [7, 11) is 3.36. The molecule has 0 rings (SSSR count). The number of ether oxygens (including phenoxy) is 1. The van der Waals surface area contributed by atoms with Gasteiger partial charge in [0, 0.05) is 14.1 Å². The van der Waals surface area contributed by atoms with Crippen molar-refractivity contribution in [3.8, 4) is 0 Å². The molecule has 0 aromatic heterocycles. The normalized spacial score (nSPS) is 9.00. The largest absolute Gasteiger partial charge is 0.435 e. The van der Waals surface area contributed by atoms with Crippen molar-refractivity contribution in [3.63, 3.8) is 0 Å². The van der Waals surface area contributed by atoms with Crippen LogP contribution in [0.5, 0.6) is 0 Å². The van der Waals surface area contributed by atoms with Crippen LogP contribution < -0.4 is 5.32 Å². The van der Waals surface area contributed by atoms with Crippen LogP contribution in [0, 0.1) is 0 Å². The highest BCUT2D eigenvalue weighted by Gasteiger charge is 1.85. The molecule has 0 amide bonds. The molecule has 0 atom stereocenters. The third kappa shape index (κ3) is 7.01. The van der Waals surface area contributed by atoms with Crippen LogP contribution in [-0.4, -0.2) is 20.1 Å². The van der Waals surface area contributed by atoms with Crippen molar-refractivity contribution in [1.29, 1.82) is 0 Å². The van der Waals surface area contributed by atoms with Crippen LogP contribution in [-0.2, 0) is 4.74 Å². The Bertz CT molecular complexity index is 99.8. The second-order valence-corrected chi connectivity index (χ2v) is 1.06. The molecule has 10 heavy (non-hydrogen) atoms. The van der Waals surface area contributed by atoms with Crippen LogP contribution >= 0.6 is 0 Å². The Kier molecular flexibility index (Phi) is 12.8. The van der Waals surface area contributed by atoms with Gasteiger partial charge < -0.3 is 10.1 Å². The van der Waals surface area contributed by atoms with Gasteiger partial charge in [0.15, 0.2) is 0 Å². The average Bonchev–Trinajstić information content (AvgIpc) is 2.04. The zero-order valence-electron chi connectivity index (χ0n) is 7.14. The second kappa shape index (κ2) is 10.9. The molecule has 0 unspecified atom stereocenters. The maximum absolute atomic E-state index is 4.74. The van der Waals surface area contributed by atoms with E-state index in [1.165, 1.54) is 6.26 Å². The van der Waals surface area contributed by atoms with Crippen molar-refractivity contribution in [2.75, 3.05) is 14.1 Å². The lowest BCUT2D eigenvalue weighted by Gasteiger charge is -1.99. The Morgan fingerprint density at radius 3 is 2.20 bits per heavy atom. The Labute approximate surface area is 62.8 Å². The Hall–Kier alpha value is -0.990. The molecule has 60 valence electrons. The zero-order chi connectivity index (χ0) is 8.41. The lowest BCUT2D eigenvalue weighted by atomic mass is 11.0. The molecule has 0 aliphatic rings. The fourth-order valence-corrected chi connectivity index (χ4v) is 0.302. The summed E-state index contributed by atoms with van der Waals surface area (Å²) in [4.78, 5) is 3.71. The van der Waals surface area contributed by atoms with Crippen molar-refractivity contribution in [1.82, 2.24) is 5.32 Å². The number of amidine groups is 1. The Morgan fingerprint density at radius 2 is 2.10 bits per heavy atom. The first-order chi connectivity index (χ1) is 4.85. The van der Waals surface area contributed by atoms with Crippen molar-refractivity contribution in [2.45, 2.75) is 13.8 Å². The van der Waals surface area contributed by atoms with Crippen LogP contribution in [0.1, 0.15) is 13.8 Å². The summed E-state index contributed by atoms with van der Waals surface area (Å²) < 4.78 is 4.74. The van der Waals surface area contributed by atoms with E-state index in [1.54, 1.807) is 14.1 Å². The van der Waals surface area contributed by atoms with Gasteiger partial charge in [-0.3, -0.25) is 0 Å². The zero-order valence-corrected chi connectivity index (χ0v) is 7.14. The minimum atomic E-state index is 0.472. The molecule has 0 fully saturated rings. The number of hydrogen-bond acceptors (Lipinski definition) is 2. The smallest absolute Gasteiger partial charge is 0.289 e. The minimum Gasteiger partial charge on any atom is -0.435 e. The van der Waals surface area contributed by atoms with Gasteiger partial charge in [-0.2, -0.15) is 0 Å². The van der Waals surface area contributed by atoms with Gasteiger partial charge in [0.1, 0.15) is 0 Å². The first kappa shape index (κ1) is 11.8. The van der Waals surface area contributed by atoms with Gasteiger partial charge in [0.2, 0.25) is 0 Å². The molecule has 0 bridgehead atoms. The lowest BCUT2D eigenvalue weighted by Crippen LogP contribution is -2.18. The summed E-state index contributed by atoms with van der Waals surface area (Å²) in [6.45, 7) is 7.35. The molecule has 0 aromatic carbocycles. The van der Waals surface area contributed by atoms with E-state index in [0.29, 0.717) is 6.02 Å². The van der Waals surface area contributed by atoms with Crippen LogP contribution in [0.15, 0.2) is 17.8 Å². The molecular weight excluding hydrogens is 128 g/mol. The number of nitrogens with zero attached hydrogens (tertiary/aromatic N) is 1. The summed E-state index contributed by atoms with van der Waals surface area (Å²) in [5, 5.41) is 2.71. The third-order valence-corrected chi connectivity index (χ3v) is 0.612. The summed E-state index contributed by atoms with van der Waals surface area (Å²) in [6, 6.07) is 0.472. The van der Waals surface area contributed by atoms with E-state index in [-0.39, 0.29) is 0 Å². The van der Waals surface area contributed by atoms with Crippen molar-refractivity contribution in [3.05, 3.63) is 12.8 Å². The lowest BCUT2D eigenvalue weighted by molar-refractivity contribution is 0.451. The first-order valence-electron chi connectivity index (χ1n) is 3.27. The predicted molar refractivity (Wildman–Crippen MR) is 45.0 cm³/mol. The SMILES string of the molecule is C=COC(=NC)NC.CC. The Balaban J connectivity index is 0. The standard InChI is InChI=1S/C5H10N2O.C2H6/c1-4-8-5(6-2)7-3;1-2/h4H,1H2,2-3H3,(H,6,7);1-2H3. The monoisotopic (exact) mass is 144 g/mol. The minimum absolute atomic E-state index is 0.472. The predicted octanol–water partition coefficient (Wildman–Crippen LogP) is 1.38. The van der Waals surface area contributed by atoms with E-state index < -0.39 is 0 Å². The van der Waals surface area contributed by atoms with Crippen molar-refractivity contribution in [2.24, 2.45) is 4.99 Å². The highest BCUT2D eigenvalue weighted by Crippen LogP contribution is 1.73. The van der Waals surface area contributed by atoms with Crippen molar-refractivity contribution >= 4 is 6.02 Å². The van der Waals surface area contributed by atoms with Gasteiger partial charge in [-0.05, 0) is 0 Å². The van der Waals surface area contributed by atoms with E-state index in [0.717, 1.165) is 0 Å². The first-order valence-corrected chi connectivity index (χ1v) is 3.27. The van der Waals surface area contributed by atoms with Crippen LogP contribution in [0.3, 0.4) is 0 Å². The van der Waals surface area contributed by atoms with Crippen LogP contribution in [0.2, 0.25) is 0 Å². The summed E-state index contributed by atoms with van der Waals surface area (Å²) in [6.07, 6.45) is 1.32. The molecule has 0 aliphatic heterocycles. The molecule has 0 saturated carbocycles.